The fourth-order valence-corrected chi connectivity index (χ4v) is 2.81. The Morgan fingerprint density at radius 1 is 1.20 bits per heavy atom. The molecule has 1 aliphatic carbocycles. The first-order valence-corrected chi connectivity index (χ1v) is 7.07. The first-order chi connectivity index (χ1) is 9.61. The number of imide groups is 1. The third-order valence-corrected chi connectivity index (χ3v) is 3.98. The normalized spacial score (nSPS) is 26.1. The van der Waals surface area contributed by atoms with Crippen LogP contribution >= 0.6 is 0 Å². The van der Waals surface area contributed by atoms with Crippen molar-refractivity contribution < 1.29 is 14.4 Å². The molecule has 2 aliphatic rings. The van der Waals surface area contributed by atoms with Crippen molar-refractivity contribution in [2.45, 2.75) is 25.7 Å². The van der Waals surface area contributed by atoms with E-state index in [0.717, 1.165) is 25.7 Å². The topological polar surface area (TPSA) is 90.3 Å². The Labute approximate surface area is 118 Å². The predicted octanol–water partition coefficient (Wildman–Crippen LogP) is 0.117. The minimum absolute atomic E-state index is 0.0147. The Morgan fingerprint density at radius 3 is 2.35 bits per heavy atom. The summed E-state index contributed by atoms with van der Waals surface area (Å²) in [7, 11) is 0. The van der Waals surface area contributed by atoms with Gasteiger partial charge >= 0.3 is 0 Å². The molecule has 0 aromatic carbocycles. The van der Waals surface area contributed by atoms with Crippen LogP contribution in [0.25, 0.3) is 0 Å². The van der Waals surface area contributed by atoms with Gasteiger partial charge in [-0.25, -0.2) is 0 Å². The monoisotopic (exact) mass is 278 g/mol. The van der Waals surface area contributed by atoms with E-state index in [9.17, 15) is 14.4 Å². The molecule has 1 heterocycles. The molecule has 0 bridgehead atoms. The highest BCUT2D eigenvalue weighted by Gasteiger charge is 2.30. The maximum Gasteiger partial charge on any atom is 0.253 e. The zero-order valence-corrected chi connectivity index (χ0v) is 11.4. The van der Waals surface area contributed by atoms with E-state index in [4.69, 9.17) is 5.73 Å². The number of rotatable bonds is 5. The van der Waals surface area contributed by atoms with Gasteiger partial charge in [0.25, 0.3) is 11.8 Å². The number of carbonyl (C=O) groups is 3. The summed E-state index contributed by atoms with van der Waals surface area (Å²) in [6.07, 6.45) is 5.91. The SMILES string of the molecule is [NH]CCNC(=O)C1CCC(CN2C(=O)C=CC2=O)CC1. The highest BCUT2D eigenvalue weighted by Crippen LogP contribution is 2.30. The van der Waals surface area contributed by atoms with Gasteiger partial charge in [0.05, 0.1) is 0 Å². The zero-order valence-electron chi connectivity index (χ0n) is 11.4. The first kappa shape index (κ1) is 14.7. The molecule has 6 nitrogen and oxygen atoms in total. The fraction of sp³-hybridized carbons (Fsp3) is 0.643. The van der Waals surface area contributed by atoms with Gasteiger partial charge in [-0.3, -0.25) is 25.0 Å². The van der Waals surface area contributed by atoms with Crippen molar-refractivity contribution in [2.75, 3.05) is 19.6 Å². The van der Waals surface area contributed by atoms with Crippen molar-refractivity contribution >= 4 is 17.7 Å². The van der Waals surface area contributed by atoms with Crippen molar-refractivity contribution in [3.8, 4) is 0 Å². The molecule has 1 saturated carbocycles. The van der Waals surface area contributed by atoms with E-state index in [1.807, 2.05) is 0 Å². The molecular weight excluding hydrogens is 258 g/mol. The van der Waals surface area contributed by atoms with Crippen LogP contribution in [-0.2, 0) is 14.4 Å². The standard InChI is InChI=1S/C14H20N3O3/c15-7-8-16-14(20)11-3-1-10(2-4-11)9-17-12(18)5-6-13(17)19/h5-6,10-11,15H,1-4,7-9H2,(H,16,20). The average Bonchev–Trinajstić information content (AvgIpc) is 2.77. The average molecular weight is 278 g/mol. The second-order valence-corrected chi connectivity index (χ2v) is 5.38. The summed E-state index contributed by atoms with van der Waals surface area (Å²) in [5.74, 6) is -0.120. The Morgan fingerprint density at radius 2 is 1.80 bits per heavy atom. The minimum Gasteiger partial charge on any atom is -0.355 e. The highest BCUT2D eigenvalue weighted by atomic mass is 16.2. The molecule has 0 spiro atoms. The third kappa shape index (κ3) is 3.45. The van der Waals surface area contributed by atoms with Crippen LogP contribution in [0.5, 0.6) is 0 Å². The Hall–Kier alpha value is -1.69. The Balaban J connectivity index is 1.76. The number of amides is 3. The van der Waals surface area contributed by atoms with E-state index >= 15 is 0 Å². The minimum atomic E-state index is -0.231. The van der Waals surface area contributed by atoms with Gasteiger partial charge in [-0.1, -0.05) is 0 Å². The van der Waals surface area contributed by atoms with Gasteiger partial charge in [0, 0.05) is 37.7 Å². The first-order valence-electron chi connectivity index (χ1n) is 7.07. The van der Waals surface area contributed by atoms with Crippen molar-refractivity contribution in [3.63, 3.8) is 0 Å². The van der Waals surface area contributed by atoms with Crippen LogP contribution in [0, 0.1) is 11.8 Å². The molecule has 2 rings (SSSR count). The number of nitrogens with one attached hydrogen (secondary N) is 2. The summed E-state index contributed by atoms with van der Waals surface area (Å²) in [6, 6.07) is 0. The van der Waals surface area contributed by atoms with Crippen LogP contribution < -0.4 is 11.1 Å². The molecular formula is C14H20N3O3. The van der Waals surface area contributed by atoms with Gasteiger partial charge in [0.2, 0.25) is 5.91 Å². The van der Waals surface area contributed by atoms with Gasteiger partial charge in [-0.2, -0.15) is 0 Å². The van der Waals surface area contributed by atoms with Crippen molar-refractivity contribution in [3.05, 3.63) is 12.2 Å². The summed E-state index contributed by atoms with van der Waals surface area (Å²) in [5.41, 5.74) is 7.02. The van der Waals surface area contributed by atoms with Crippen LogP contribution in [0.15, 0.2) is 12.2 Å². The van der Waals surface area contributed by atoms with Crippen LogP contribution in [0.1, 0.15) is 25.7 Å². The van der Waals surface area contributed by atoms with Crippen molar-refractivity contribution in [1.29, 1.82) is 0 Å². The summed E-state index contributed by atoms with van der Waals surface area (Å²) in [4.78, 5) is 36.0. The van der Waals surface area contributed by atoms with Crippen LogP contribution in [-0.4, -0.2) is 42.3 Å². The smallest absolute Gasteiger partial charge is 0.253 e. The number of hydrogen-bond acceptors (Lipinski definition) is 3. The van der Waals surface area contributed by atoms with Crippen LogP contribution in [0.4, 0.5) is 0 Å². The molecule has 0 aromatic rings. The van der Waals surface area contributed by atoms with Gasteiger partial charge in [-0.05, 0) is 31.6 Å². The summed E-state index contributed by atoms with van der Waals surface area (Å²) in [5, 5.41) is 2.75. The molecule has 6 heteroatoms. The Bertz CT molecular complexity index is 407. The summed E-state index contributed by atoms with van der Waals surface area (Å²) in [6.45, 7) is 1.07. The molecule has 1 aliphatic heterocycles. The maximum absolute atomic E-state index is 11.8. The van der Waals surface area contributed by atoms with Gasteiger partial charge in [0.15, 0.2) is 0 Å². The molecule has 109 valence electrons. The van der Waals surface area contributed by atoms with Crippen LogP contribution in [0.2, 0.25) is 0 Å². The molecule has 2 N–H and O–H groups in total. The van der Waals surface area contributed by atoms with Gasteiger partial charge < -0.3 is 5.32 Å². The van der Waals surface area contributed by atoms with Gasteiger partial charge in [0.1, 0.15) is 0 Å². The highest BCUT2D eigenvalue weighted by molar-refractivity contribution is 6.12. The molecule has 0 unspecified atom stereocenters. The van der Waals surface area contributed by atoms with Crippen molar-refractivity contribution in [2.24, 2.45) is 11.8 Å². The number of nitrogens with zero attached hydrogens (tertiary/aromatic N) is 1. The third-order valence-electron chi connectivity index (χ3n) is 3.98. The van der Waals surface area contributed by atoms with E-state index in [1.165, 1.54) is 17.1 Å². The summed E-state index contributed by atoms with van der Waals surface area (Å²) < 4.78 is 0. The lowest BCUT2D eigenvalue weighted by Crippen LogP contribution is -2.38. The lowest BCUT2D eigenvalue weighted by atomic mass is 9.81. The molecule has 0 saturated heterocycles. The summed E-state index contributed by atoms with van der Waals surface area (Å²) >= 11 is 0. The van der Waals surface area contributed by atoms with Crippen molar-refractivity contribution in [1.82, 2.24) is 16.0 Å². The quantitative estimate of drug-likeness (QED) is 0.724. The van der Waals surface area contributed by atoms with E-state index < -0.39 is 0 Å². The molecule has 0 aromatic heterocycles. The zero-order chi connectivity index (χ0) is 14.5. The second kappa shape index (κ2) is 6.65. The number of carbonyl (C=O) groups excluding carboxylic acids is 3. The van der Waals surface area contributed by atoms with Gasteiger partial charge in [-0.15, -0.1) is 0 Å². The molecule has 20 heavy (non-hydrogen) atoms. The fourth-order valence-electron chi connectivity index (χ4n) is 2.81. The second-order valence-electron chi connectivity index (χ2n) is 5.38. The maximum atomic E-state index is 11.8. The molecule has 3 amide bonds. The van der Waals surface area contributed by atoms with E-state index in [2.05, 4.69) is 5.32 Å². The molecule has 1 radical (unpaired) electrons. The largest absolute Gasteiger partial charge is 0.355 e. The Kier molecular flexibility index (Phi) is 4.89. The van der Waals surface area contributed by atoms with E-state index in [1.54, 1.807) is 0 Å². The van der Waals surface area contributed by atoms with E-state index in [0.29, 0.717) is 19.0 Å². The number of hydrogen-bond donors (Lipinski definition) is 1. The predicted molar refractivity (Wildman–Crippen MR) is 72.3 cm³/mol. The lowest BCUT2D eigenvalue weighted by Gasteiger charge is -2.29. The molecule has 1 fully saturated rings. The van der Waals surface area contributed by atoms with Crippen LogP contribution in [0.3, 0.4) is 0 Å². The molecule has 0 atom stereocenters. The lowest BCUT2D eigenvalue weighted by molar-refractivity contribution is -0.138. The van der Waals surface area contributed by atoms with E-state index in [-0.39, 0.29) is 30.2 Å².